The summed E-state index contributed by atoms with van der Waals surface area (Å²) in [5, 5.41) is 0. The molecule has 6 heteroatoms. The molecule has 1 aromatic rings. The summed E-state index contributed by atoms with van der Waals surface area (Å²) < 4.78 is 27.9. The van der Waals surface area contributed by atoms with Gasteiger partial charge in [-0.15, -0.1) is 0 Å². The number of rotatable bonds is 5. The van der Waals surface area contributed by atoms with Crippen LogP contribution in [0.5, 0.6) is 0 Å². The quantitative estimate of drug-likeness (QED) is 0.766. The van der Waals surface area contributed by atoms with E-state index in [2.05, 4.69) is 0 Å². The number of carbonyl (C=O) groups is 1. The van der Waals surface area contributed by atoms with E-state index < -0.39 is 18.7 Å². The van der Waals surface area contributed by atoms with Gasteiger partial charge >= 0.3 is 0 Å². The molecular formula is C16H20O6. The molecule has 22 heavy (non-hydrogen) atoms. The van der Waals surface area contributed by atoms with Crippen LogP contribution in [-0.2, 0) is 23.7 Å². The predicted octanol–water partition coefficient (Wildman–Crippen LogP) is 1.39. The van der Waals surface area contributed by atoms with Crippen molar-refractivity contribution in [3.05, 3.63) is 35.9 Å². The Hall–Kier alpha value is -1.31. The Bertz CT molecular complexity index is 505. The van der Waals surface area contributed by atoms with Crippen molar-refractivity contribution >= 4 is 5.78 Å². The van der Waals surface area contributed by atoms with Crippen LogP contribution in [0.15, 0.2) is 30.3 Å². The Morgan fingerprint density at radius 3 is 2.64 bits per heavy atom. The highest BCUT2D eigenvalue weighted by atomic mass is 16.8. The summed E-state index contributed by atoms with van der Waals surface area (Å²) in [4.78, 5) is 12.4. The third kappa shape index (κ3) is 3.06. The molecule has 2 aliphatic rings. The first-order valence-electron chi connectivity index (χ1n) is 7.29. The maximum absolute atomic E-state index is 12.4. The Balaban J connectivity index is 1.69. The number of ketones is 1. The average molecular weight is 308 g/mol. The van der Waals surface area contributed by atoms with Crippen LogP contribution >= 0.6 is 0 Å². The molecule has 3 rings (SSSR count). The highest BCUT2D eigenvalue weighted by Gasteiger charge is 2.48. The Labute approximate surface area is 129 Å². The number of hydrogen-bond donors (Lipinski definition) is 0. The van der Waals surface area contributed by atoms with E-state index in [1.165, 1.54) is 7.11 Å². The average Bonchev–Trinajstić information content (AvgIpc) is 2.96. The molecule has 1 aromatic carbocycles. The van der Waals surface area contributed by atoms with Crippen LogP contribution in [0.3, 0.4) is 0 Å². The monoisotopic (exact) mass is 308 g/mol. The molecule has 0 unspecified atom stereocenters. The summed E-state index contributed by atoms with van der Waals surface area (Å²) in [7, 11) is 3.13. The first kappa shape index (κ1) is 15.6. The lowest BCUT2D eigenvalue weighted by atomic mass is 10.0. The van der Waals surface area contributed by atoms with E-state index >= 15 is 0 Å². The van der Waals surface area contributed by atoms with Gasteiger partial charge in [0, 0.05) is 26.2 Å². The summed E-state index contributed by atoms with van der Waals surface area (Å²) in [6.45, 7) is 0.404. The molecule has 0 aromatic heterocycles. The van der Waals surface area contributed by atoms with Crippen LogP contribution < -0.4 is 0 Å². The zero-order valence-electron chi connectivity index (χ0n) is 12.6. The largest absolute Gasteiger partial charge is 0.376 e. The highest BCUT2D eigenvalue weighted by molar-refractivity contribution is 5.96. The van der Waals surface area contributed by atoms with Crippen molar-refractivity contribution in [1.29, 1.82) is 0 Å². The van der Waals surface area contributed by atoms with Gasteiger partial charge in [-0.05, 0) is 0 Å². The number of hydrogen-bond acceptors (Lipinski definition) is 6. The molecule has 2 fully saturated rings. The van der Waals surface area contributed by atoms with Crippen molar-refractivity contribution in [3.63, 3.8) is 0 Å². The first-order chi connectivity index (χ1) is 10.7. The molecule has 2 heterocycles. The van der Waals surface area contributed by atoms with Gasteiger partial charge in [0.1, 0.15) is 18.3 Å². The Morgan fingerprint density at radius 1 is 1.18 bits per heavy atom. The minimum absolute atomic E-state index is 0.0115. The van der Waals surface area contributed by atoms with E-state index in [1.807, 2.05) is 18.2 Å². The van der Waals surface area contributed by atoms with Gasteiger partial charge in [-0.2, -0.15) is 0 Å². The fraction of sp³-hybridized carbons (Fsp3) is 0.562. The van der Waals surface area contributed by atoms with E-state index in [0.29, 0.717) is 12.2 Å². The maximum atomic E-state index is 12.4. The van der Waals surface area contributed by atoms with Crippen LogP contribution in [0.1, 0.15) is 16.8 Å². The van der Waals surface area contributed by atoms with Crippen LogP contribution in [0.4, 0.5) is 0 Å². The van der Waals surface area contributed by atoms with Crippen LogP contribution in [-0.4, -0.2) is 57.5 Å². The molecule has 0 N–H and O–H groups in total. The van der Waals surface area contributed by atoms with Crippen molar-refractivity contribution in [3.8, 4) is 0 Å². The molecule has 0 spiro atoms. The van der Waals surface area contributed by atoms with E-state index in [-0.39, 0.29) is 24.4 Å². The topological polar surface area (TPSA) is 63.2 Å². The van der Waals surface area contributed by atoms with Crippen LogP contribution in [0, 0.1) is 0 Å². The lowest BCUT2D eigenvalue weighted by molar-refractivity contribution is -0.332. The minimum atomic E-state index is -0.635. The van der Waals surface area contributed by atoms with Gasteiger partial charge in [-0.1, -0.05) is 30.3 Å². The van der Waals surface area contributed by atoms with E-state index in [0.717, 1.165) is 0 Å². The SMILES string of the molecule is CO[C@H]1O[C@@H]2OC[C@@H](OC)[C@@H]2O[C@@H]1CC(=O)c1ccccc1. The van der Waals surface area contributed by atoms with E-state index in [1.54, 1.807) is 19.2 Å². The lowest BCUT2D eigenvalue weighted by Crippen LogP contribution is -2.52. The van der Waals surface area contributed by atoms with Gasteiger partial charge in [0.15, 0.2) is 18.4 Å². The standard InChI is InChI=1S/C16H20O6/c1-18-13-9-20-16-14(13)21-12(15(19-2)22-16)8-11(17)10-6-4-3-5-7-10/h3-7,12-16H,8-9H2,1-2H3/t12-,13-,14+,15+,16+/m1/s1. The zero-order valence-corrected chi connectivity index (χ0v) is 12.6. The summed E-state index contributed by atoms with van der Waals surface area (Å²) >= 11 is 0. The number of methoxy groups -OCH3 is 2. The fourth-order valence-electron chi connectivity index (χ4n) is 2.79. The molecule has 0 radical (unpaired) electrons. The summed E-state index contributed by atoms with van der Waals surface area (Å²) in [5.74, 6) is -0.0115. The number of fused-ring (bicyclic) bond motifs is 1. The second kappa shape index (κ2) is 6.85. The Kier molecular flexibility index (Phi) is 4.85. The van der Waals surface area contributed by atoms with Crippen molar-refractivity contribution in [2.24, 2.45) is 0 Å². The third-order valence-electron chi connectivity index (χ3n) is 3.98. The van der Waals surface area contributed by atoms with Gasteiger partial charge in [0.05, 0.1) is 6.61 Å². The second-order valence-corrected chi connectivity index (χ2v) is 5.35. The highest BCUT2D eigenvalue weighted by Crippen LogP contribution is 2.31. The van der Waals surface area contributed by atoms with E-state index in [4.69, 9.17) is 23.7 Å². The molecular weight excluding hydrogens is 288 g/mol. The van der Waals surface area contributed by atoms with Gasteiger partial charge in [0.25, 0.3) is 0 Å². The number of Topliss-reactive ketones (excluding diaryl/α,β-unsaturated/α-hetero) is 1. The lowest BCUT2D eigenvalue weighted by Gasteiger charge is -2.38. The van der Waals surface area contributed by atoms with E-state index in [9.17, 15) is 4.79 Å². The smallest absolute Gasteiger partial charge is 0.189 e. The number of ether oxygens (including phenoxy) is 5. The summed E-state index contributed by atoms with van der Waals surface area (Å²) in [6, 6.07) is 9.11. The van der Waals surface area contributed by atoms with Crippen molar-refractivity contribution in [2.45, 2.75) is 37.3 Å². The van der Waals surface area contributed by atoms with Crippen LogP contribution in [0.2, 0.25) is 0 Å². The predicted molar refractivity (Wildman–Crippen MR) is 76.5 cm³/mol. The molecule has 120 valence electrons. The second-order valence-electron chi connectivity index (χ2n) is 5.35. The number of benzene rings is 1. The third-order valence-corrected chi connectivity index (χ3v) is 3.98. The van der Waals surface area contributed by atoms with Crippen molar-refractivity contribution < 1.29 is 28.5 Å². The van der Waals surface area contributed by atoms with Crippen molar-refractivity contribution in [1.82, 2.24) is 0 Å². The maximum Gasteiger partial charge on any atom is 0.189 e. The normalized spacial score (nSPS) is 34.4. The van der Waals surface area contributed by atoms with Crippen molar-refractivity contribution in [2.75, 3.05) is 20.8 Å². The molecule has 2 saturated heterocycles. The van der Waals surface area contributed by atoms with Gasteiger partial charge in [-0.25, -0.2) is 0 Å². The molecule has 0 aliphatic carbocycles. The zero-order chi connectivity index (χ0) is 15.5. The van der Waals surface area contributed by atoms with Gasteiger partial charge in [-0.3, -0.25) is 4.79 Å². The van der Waals surface area contributed by atoms with Crippen LogP contribution in [0.25, 0.3) is 0 Å². The molecule has 5 atom stereocenters. The van der Waals surface area contributed by atoms with Gasteiger partial charge in [0.2, 0.25) is 0 Å². The molecule has 0 bridgehead atoms. The minimum Gasteiger partial charge on any atom is -0.376 e. The number of carbonyl (C=O) groups excluding carboxylic acids is 1. The fourth-order valence-corrected chi connectivity index (χ4v) is 2.79. The molecule has 6 nitrogen and oxygen atoms in total. The molecule has 0 amide bonds. The van der Waals surface area contributed by atoms with Gasteiger partial charge < -0.3 is 23.7 Å². The summed E-state index contributed by atoms with van der Waals surface area (Å²) in [5.41, 5.74) is 0.647. The Morgan fingerprint density at radius 2 is 1.95 bits per heavy atom. The summed E-state index contributed by atoms with van der Waals surface area (Å²) in [6.07, 6.45) is -2.00. The first-order valence-corrected chi connectivity index (χ1v) is 7.29. The molecule has 2 aliphatic heterocycles. The molecule has 0 saturated carbocycles.